The second-order valence-corrected chi connectivity index (χ2v) is 4.94. The van der Waals surface area contributed by atoms with Crippen LogP contribution in [0.3, 0.4) is 0 Å². The van der Waals surface area contributed by atoms with Crippen LogP contribution >= 0.6 is 11.3 Å². The molecule has 0 aliphatic rings. The molecule has 4 nitrogen and oxygen atoms in total. The number of carboxylic acids is 1. The monoisotopic (exact) mass is 242 g/mol. The van der Waals surface area contributed by atoms with Crippen molar-refractivity contribution < 1.29 is 9.90 Å². The highest BCUT2D eigenvalue weighted by Crippen LogP contribution is 2.16. The van der Waals surface area contributed by atoms with Gasteiger partial charge in [0.05, 0.1) is 0 Å². The molecule has 16 heavy (non-hydrogen) atoms. The molecular weight excluding hydrogens is 224 g/mol. The molecule has 1 unspecified atom stereocenters. The van der Waals surface area contributed by atoms with Gasteiger partial charge >= 0.3 is 5.97 Å². The Kier molecular flexibility index (Phi) is 4.92. The molecule has 5 heteroatoms. The molecule has 0 amide bonds. The van der Waals surface area contributed by atoms with Crippen LogP contribution in [0.4, 0.5) is 0 Å². The maximum atomic E-state index is 10.9. The van der Waals surface area contributed by atoms with Crippen molar-refractivity contribution in [3.63, 3.8) is 0 Å². The molecule has 0 aliphatic heterocycles. The van der Waals surface area contributed by atoms with E-state index in [1.54, 1.807) is 0 Å². The van der Waals surface area contributed by atoms with Crippen LogP contribution in [-0.2, 0) is 6.54 Å². The van der Waals surface area contributed by atoms with Gasteiger partial charge in [-0.05, 0) is 38.0 Å². The number of likely N-dealkylation sites (N-methyl/N-ethyl adjacent to an activating group) is 1. The predicted octanol–water partition coefficient (Wildman–Crippen LogP) is 1.49. The first-order chi connectivity index (χ1) is 7.52. The summed E-state index contributed by atoms with van der Waals surface area (Å²) in [7, 11) is 4.05. The summed E-state index contributed by atoms with van der Waals surface area (Å²) in [6, 6.07) is 2.30. The van der Waals surface area contributed by atoms with E-state index in [1.807, 2.05) is 25.5 Å². The molecule has 0 saturated heterocycles. The van der Waals surface area contributed by atoms with Gasteiger partial charge in [-0.15, -0.1) is 11.3 Å². The Bertz CT molecular complexity index is 350. The van der Waals surface area contributed by atoms with E-state index in [0.717, 1.165) is 12.1 Å². The van der Waals surface area contributed by atoms with Gasteiger partial charge in [0.15, 0.2) is 0 Å². The lowest BCUT2D eigenvalue weighted by molar-refractivity contribution is 0.0701. The number of aromatic carboxylic acids is 1. The van der Waals surface area contributed by atoms with Gasteiger partial charge in [0, 0.05) is 19.1 Å². The molecule has 90 valence electrons. The van der Waals surface area contributed by atoms with Crippen molar-refractivity contribution in [1.29, 1.82) is 0 Å². The molecular formula is C11H18N2O2S. The van der Waals surface area contributed by atoms with Crippen LogP contribution in [0.1, 0.15) is 22.2 Å². The molecule has 0 aliphatic carbocycles. The highest BCUT2D eigenvalue weighted by Gasteiger charge is 2.11. The van der Waals surface area contributed by atoms with Crippen molar-refractivity contribution in [3.8, 4) is 0 Å². The summed E-state index contributed by atoms with van der Waals surface area (Å²) in [5.74, 6) is -0.840. The van der Waals surface area contributed by atoms with Crippen LogP contribution in [0.15, 0.2) is 11.4 Å². The second kappa shape index (κ2) is 5.98. The fraction of sp³-hybridized carbons (Fsp3) is 0.545. The Morgan fingerprint density at radius 1 is 1.62 bits per heavy atom. The molecule has 1 atom stereocenters. The minimum Gasteiger partial charge on any atom is -0.477 e. The highest BCUT2D eigenvalue weighted by atomic mass is 32.1. The lowest BCUT2D eigenvalue weighted by Gasteiger charge is -2.19. The molecule has 0 spiro atoms. The summed E-state index contributed by atoms with van der Waals surface area (Å²) >= 11 is 1.27. The molecule has 1 heterocycles. The maximum Gasteiger partial charge on any atom is 0.346 e. The van der Waals surface area contributed by atoms with Crippen molar-refractivity contribution in [2.24, 2.45) is 0 Å². The van der Waals surface area contributed by atoms with Crippen molar-refractivity contribution in [3.05, 3.63) is 21.9 Å². The van der Waals surface area contributed by atoms with Gasteiger partial charge in [0.1, 0.15) is 4.88 Å². The Hall–Kier alpha value is -0.910. The van der Waals surface area contributed by atoms with Gasteiger partial charge in [-0.1, -0.05) is 0 Å². The minimum atomic E-state index is -0.840. The highest BCUT2D eigenvalue weighted by molar-refractivity contribution is 7.12. The molecule has 1 aromatic heterocycles. The number of carbonyl (C=O) groups is 1. The number of thiophene rings is 1. The first-order valence-corrected chi connectivity index (χ1v) is 6.07. The third-order valence-electron chi connectivity index (χ3n) is 2.58. The standard InChI is InChI=1S/C11H18N2O2S/c1-8(13(2)3)6-12-7-9-4-5-16-10(9)11(14)15/h4-5,8,12H,6-7H2,1-3H3,(H,14,15). The van der Waals surface area contributed by atoms with Crippen LogP contribution in [0.2, 0.25) is 0 Å². The summed E-state index contributed by atoms with van der Waals surface area (Å²) in [5.41, 5.74) is 0.864. The minimum absolute atomic E-state index is 0.435. The zero-order chi connectivity index (χ0) is 12.1. The Morgan fingerprint density at radius 3 is 2.88 bits per heavy atom. The first kappa shape index (κ1) is 13.2. The van der Waals surface area contributed by atoms with Crippen LogP contribution in [0.25, 0.3) is 0 Å². The van der Waals surface area contributed by atoms with E-state index < -0.39 is 5.97 Å². The average molecular weight is 242 g/mol. The quantitative estimate of drug-likeness (QED) is 0.793. The molecule has 1 rings (SSSR count). The Morgan fingerprint density at radius 2 is 2.31 bits per heavy atom. The summed E-state index contributed by atoms with van der Waals surface area (Å²) < 4.78 is 0. The summed E-state index contributed by atoms with van der Waals surface area (Å²) in [6.07, 6.45) is 0. The van der Waals surface area contributed by atoms with Gasteiger partial charge in [0.25, 0.3) is 0 Å². The summed E-state index contributed by atoms with van der Waals surface area (Å²) in [4.78, 5) is 13.4. The van der Waals surface area contributed by atoms with E-state index in [0.29, 0.717) is 17.5 Å². The third-order valence-corrected chi connectivity index (χ3v) is 3.52. The van der Waals surface area contributed by atoms with Gasteiger partial charge in [-0.2, -0.15) is 0 Å². The van der Waals surface area contributed by atoms with E-state index in [4.69, 9.17) is 5.11 Å². The number of nitrogens with one attached hydrogen (secondary N) is 1. The Balaban J connectivity index is 2.43. The number of carboxylic acid groups (broad SMARTS) is 1. The molecule has 2 N–H and O–H groups in total. The van der Waals surface area contributed by atoms with Gasteiger partial charge in [0.2, 0.25) is 0 Å². The van der Waals surface area contributed by atoms with Crippen molar-refractivity contribution in [2.45, 2.75) is 19.5 Å². The number of hydrogen-bond donors (Lipinski definition) is 2. The molecule has 0 bridgehead atoms. The third kappa shape index (κ3) is 3.59. The first-order valence-electron chi connectivity index (χ1n) is 5.19. The molecule has 0 radical (unpaired) electrons. The topological polar surface area (TPSA) is 52.6 Å². The maximum absolute atomic E-state index is 10.9. The number of rotatable bonds is 6. The summed E-state index contributed by atoms with van der Waals surface area (Å²) in [6.45, 7) is 3.59. The zero-order valence-corrected chi connectivity index (χ0v) is 10.7. The van der Waals surface area contributed by atoms with Crippen molar-refractivity contribution >= 4 is 17.3 Å². The number of nitrogens with zero attached hydrogens (tertiary/aromatic N) is 1. The van der Waals surface area contributed by atoms with Crippen molar-refractivity contribution in [1.82, 2.24) is 10.2 Å². The fourth-order valence-corrected chi connectivity index (χ4v) is 2.02. The van der Waals surface area contributed by atoms with Crippen LogP contribution in [0.5, 0.6) is 0 Å². The number of hydrogen-bond acceptors (Lipinski definition) is 4. The fourth-order valence-electron chi connectivity index (χ4n) is 1.26. The van der Waals surface area contributed by atoms with Gasteiger partial charge in [-0.3, -0.25) is 0 Å². The Labute approximate surface area is 99.9 Å². The SMILES string of the molecule is CC(CNCc1ccsc1C(=O)O)N(C)C. The van der Waals surface area contributed by atoms with Crippen LogP contribution in [-0.4, -0.2) is 42.7 Å². The average Bonchev–Trinajstić information content (AvgIpc) is 2.65. The van der Waals surface area contributed by atoms with E-state index in [9.17, 15) is 4.79 Å². The molecule has 0 aromatic carbocycles. The normalized spacial score (nSPS) is 13.0. The van der Waals surface area contributed by atoms with Gasteiger partial charge < -0.3 is 15.3 Å². The predicted molar refractivity (Wildman–Crippen MR) is 66.1 cm³/mol. The molecule has 1 aromatic rings. The zero-order valence-electron chi connectivity index (χ0n) is 9.86. The lowest BCUT2D eigenvalue weighted by atomic mass is 10.2. The van der Waals surface area contributed by atoms with Crippen molar-refractivity contribution in [2.75, 3.05) is 20.6 Å². The van der Waals surface area contributed by atoms with E-state index in [-0.39, 0.29) is 0 Å². The van der Waals surface area contributed by atoms with E-state index >= 15 is 0 Å². The van der Waals surface area contributed by atoms with Crippen LogP contribution < -0.4 is 5.32 Å². The summed E-state index contributed by atoms with van der Waals surface area (Å²) in [5, 5.41) is 14.0. The lowest BCUT2D eigenvalue weighted by Crippen LogP contribution is -2.35. The van der Waals surface area contributed by atoms with E-state index in [1.165, 1.54) is 11.3 Å². The smallest absolute Gasteiger partial charge is 0.346 e. The largest absolute Gasteiger partial charge is 0.477 e. The second-order valence-electron chi connectivity index (χ2n) is 4.02. The molecule has 0 fully saturated rings. The van der Waals surface area contributed by atoms with Crippen LogP contribution in [0, 0.1) is 0 Å². The van der Waals surface area contributed by atoms with E-state index in [2.05, 4.69) is 17.1 Å². The molecule has 0 saturated carbocycles. The van der Waals surface area contributed by atoms with Gasteiger partial charge in [-0.25, -0.2) is 4.79 Å².